The highest BCUT2D eigenvalue weighted by Gasteiger charge is 2.41. The summed E-state index contributed by atoms with van der Waals surface area (Å²) in [6, 6.07) is 0.693. The molecule has 1 fully saturated rings. The van der Waals surface area contributed by atoms with E-state index in [2.05, 4.69) is 39.9 Å². The number of ether oxygens (including phenoxy) is 1. The van der Waals surface area contributed by atoms with Gasteiger partial charge in [0.25, 0.3) is 0 Å². The fraction of sp³-hybridized carbons (Fsp3) is 1.00. The maximum atomic E-state index is 5.40. The van der Waals surface area contributed by atoms with Crippen molar-refractivity contribution in [2.75, 3.05) is 20.3 Å². The van der Waals surface area contributed by atoms with Gasteiger partial charge in [0.15, 0.2) is 0 Å². The van der Waals surface area contributed by atoms with Gasteiger partial charge in [0.2, 0.25) is 0 Å². The van der Waals surface area contributed by atoms with E-state index in [1.165, 1.54) is 25.7 Å². The quantitative estimate of drug-likeness (QED) is 0.751. The molecular formula is C17H35NO. The second-order valence-corrected chi connectivity index (χ2v) is 7.26. The zero-order chi connectivity index (χ0) is 14.5. The minimum absolute atomic E-state index is 0.349. The summed E-state index contributed by atoms with van der Waals surface area (Å²) in [5.74, 6) is 2.27. The molecule has 1 N–H and O–H groups in total. The zero-order valence-electron chi connectivity index (χ0n) is 14.0. The van der Waals surface area contributed by atoms with E-state index in [1.54, 1.807) is 0 Å². The van der Waals surface area contributed by atoms with Crippen molar-refractivity contribution < 1.29 is 4.74 Å². The number of hydrogen-bond acceptors (Lipinski definition) is 2. The Morgan fingerprint density at radius 2 is 2.00 bits per heavy atom. The van der Waals surface area contributed by atoms with Gasteiger partial charge in [-0.3, -0.25) is 0 Å². The van der Waals surface area contributed by atoms with Gasteiger partial charge in [-0.25, -0.2) is 0 Å². The lowest BCUT2D eigenvalue weighted by Crippen LogP contribution is -2.49. The highest BCUT2D eigenvalue weighted by Crippen LogP contribution is 2.44. The molecule has 0 aromatic heterocycles. The van der Waals surface area contributed by atoms with E-state index in [9.17, 15) is 0 Å². The molecule has 2 nitrogen and oxygen atoms in total. The first-order valence-corrected chi connectivity index (χ1v) is 8.15. The Morgan fingerprint density at radius 3 is 2.58 bits per heavy atom. The van der Waals surface area contributed by atoms with Crippen LogP contribution in [0.4, 0.5) is 0 Å². The highest BCUT2D eigenvalue weighted by atomic mass is 16.5. The Bertz CT molecular complexity index is 252. The molecule has 0 aliphatic heterocycles. The van der Waals surface area contributed by atoms with Crippen molar-refractivity contribution in [3.05, 3.63) is 0 Å². The molecule has 19 heavy (non-hydrogen) atoms. The van der Waals surface area contributed by atoms with Gasteiger partial charge in [0.05, 0.1) is 0 Å². The van der Waals surface area contributed by atoms with Gasteiger partial charge in [-0.2, -0.15) is 0 Å². The maximum Gasteiger partial charge on any atom is 0.0493 e. The highest BCUT2D eigenvalue weighted by molar-refractivity contribution is 4.94. The molecule has 1 aliphatic carbocycles. The molecule has 1 saturated carbocycles. The fourth-order valence-corrected chi connectivity index (χ4v) is 3.66. The van der Waals surface area contributed by atoms with Gasteiger partial charge in [-0.05, 0) is 49.0 Å². The molecule has 0 aromatic rings. The molecule has 4 atom stereocenters. The van der Waals surface area contributed by atoms with Crippen LogP contribution in [-0.2, 0) is 4.74 Å². The van der Waals surface area contributed by atoms with Gasteiger partial charge in [-0.1, -0.05) is 41.0 Å². The van der Waals surface area contributed by atoms with Crippen LogP contribution < -0.4 is 5.32 Å². The number of hydrogen-bond donors (Lipinski definition) is 1. The summed E-state index contributed by atoms with van der Waals surface area (Å²) in [6.45, 7) is 13.9. The second kappa shape index (κ2) is 7.64. The Morgan fingerprint density at radius 1 is 1.32 bits per heavy atom. The van der Waals surface area contributed by atoms with Crippen LogP contribution in [0.1, 0.15) is 60.3 Å². The van der Waals surface area contributed by atoms with Crippen LogP contribution in [0.25, 0.3) is 0 Å². The van der Waals surface area contributed by atoms with Crippen LogP contribution in [-0.4, -0.2) is 26.3 Å². The molecule has 1 rings (SSSR count). The molecule has 4 unspecified atom stereocenters. The summed E-state index contributed by atoms with van der Waals surface area (Å²) in [7, 11) is 1.82. The fourth-order valence-electron chi connectivity index (χ4n) is 3.66. The molecule has 0 amide bonds. The van der Waals surface area contributed by atoms with Gasteiger partial charge in [0.1, 0.15) is 0 Å². The van der Waals surface area contributed by atoms with Gasteiger partial charge in [0, 0.05) is 19.8 Å². The summed E-state index contributed by atoms with van der Waals surface area (Å²) >= 11 is 0. The second-order valence-electron chi connectivity index (χ2n) is 7.26. The molecule has 0 heterocycles. The lowest BCUT2D eigenvalue weighted by molar-refractivity contribution is 0.0118. The van der Waals surface area contributed by atoms with E-state index in [0.717, 1.165) is 25.0 Å². The molecule has 0 radical (unpaired) electrons. The third kappa shape index (κ3) is 4.46. The van der Waals surface area contributed by atoms with Crippen molar-refractivity contribution in [1.29, 1.82) is 0 Å². The Balaban J connectivity index is 2.74. The maximum absolute atomic E-state index is 5.40. The molecule has 0 bridgehead atoms. The molecule has 0 aromatic carbocycles. The normalized spacial score (nSPS) is 30.3. The number of rotatable bonds is 7. The van der Waals surface area contributed by atoms with Crippen molar-refractivity contribution in [2.24, 2.45) is 23.2 Å². The smallest absolute Gasteiger partial charge is 0.0493 e. The third-order valence-electron chi connectivity index (χ3n) is 5.41. The van der Waals surface area contributed by atoms with Crippen LogP contribution in [0.5, 0.6) is 0 Å². The molecule has 0 spiro atoms. The molecule has 0 saturated heterocycles. The van der Waals surface area contributed by atoms with Crippen molar-refractivity contribution in [1.82, 2.24) is 5.32 Å². The van der Waals surface area contributed by atoms with E-state index < -0.39 is 0 Å². The van der Waals surface area contributed by atoms with E-state index in [1.807, 2.05) is 7.11 Å². The SMILES string of the molecule is CCCNC1CC(C)CCC1C(C)(C)C(C)COC. The van der Waals surface area contributed by atoms with Gasteiger partial charge in [-0.15, -0.1) is 0 Å². The van der Waals surface area contributed by atoms with Crippen LogP contribution >= 0.6 is 0 Å². The number of nitrogens with one attached hydrogen (secondary N) is 1. The first kappa shape index (κ1) is 17.0. The number of methoxy groups -OCH3 is 1. The van der Waals surface area contributed by atoms with E-state index in [0.29, 0.717) is 17.4 Å². The standard InChI is InChI=1S/C17H35NO/c1-7-10-18-16-11-13(2)8-9-15(16)17(4,5)14(3)12-19-6/h13-16,18H,7-12H2,1-6H3. The lowest BCUT2D eigenvalue weighted by atomic mass is 9.61. The summed E-state index contributed by atoms with van der Waals surface area (Å²) in [5, 5.41) is 3.81. The van der Waals surface area contributed by atoms with Crippen molar-refractivity contribution in [3.8, 4) is 0 Å². The summed E-state index contributed by atoms with van der Waals surface area (Å²) in [5.41, 5.74) is 0.349. The summed E-state index contributed by atoms with van der Waals surface area (Å²) < 4.78 is 5.40. The van der Waals surface area contributed by atoms with Crippen LogP contribution in [0.3, 0.4) is 0 Å². The predicted molar refractivity (Wildman–Crippen MR) is 83.4 cm³/mol. The topological polar surface area (TPSA) is 21.3 Å². The minimum Gasteiger partial charge on any atom is -0.384 e. The average Bonchev–Trinajstić information content (AvgIpc) is 2.36. The summed E-state index contributed by atoms with van der Waals surface area (Å²) in [6.07, 6.45) is 5.32. The molecule has 1 aliphatic rings. The van der Waals surface area contributed by atoms with Gasteiger partial charge < -0.3 is 10.1 Å². The Labute approximate surface area is 120 Å². The van der Waals surface area contributed by atoms with Crippen LogP contribution in [0.2, 0.25) is 0 Å². The molecule has 114 valence electrons. The minimum atomic E-state index is 0.349. The Hall–Kier alpha value is -0.0800. The van der Waals surface area contributed by atoms with Crippen molar-refractivity contribution in [3.63, 3.8) is 0 Å². The monoisotopic (exact) mass is 269 g/mol. The van der Waals surface area contributed by atoms with E-state index in [-0.39, 0.29) is 0 Å². The first-order valence-electron chi connectivity index (χ1n) is 8.15. The first-order chi connectivity index (χ1) is 8.93. The lowest BCUT2D eigenvalue weighted by Gasteiger charge is -2.47. The van der Waals surface area contributed by atoms with Gasteiger partial charge >= 0.3 is 0 Å². The zero-order valence-corrected chi connectivity index (χ0v) is 14.0. The van der Waals surface area contributed by atoms with Crippen LogP contribution in [0, 0.1) is 23.2 Å². The van der Waals surface area contributed by atoms with Crippen LogP contribution in [0.15, 0.2) is 0 Å². The average molecular weight is 269 g/mol. The largest absolute Gasteiger partial charge is 0.384 e. The third-order valence-corrected chi connectivity index (χ3v) is 5.41. The van der Waals surface area contributed by atoms with E-state index in [4.69, 9.17) is 4.74 Å². The van der Waals surface area contributed by atoms with Crippen molar-refractivity contribution in [2.45, 2.75) is 66.3 Å². The predicted octanol–water partition coefficient (Wildman–Crippen LogP) is 4.10. The van der Waals surface area contributed by atoms with E-state index >= 15 is 0 Å². The van der Waals surface area contributed by atoms with Crippen molar-refractivity contribution >= 4 is 0 Å². The molecular weight excluding hydrogens is 234 g/mol. The Kier molecular flexibility index (Phi) is 6.82. The molecule has 2 heteroatoms. The summed E-state index contributed by atoms with van der Waals surface area (Å²) in [4.78, 5) is 0.